The van der Waals surface area contributed by atoms with E-state index in [0.29, 0.717) is 10.2 Å². The normalized spacial score (nSPS) is 14.8. The molecule has 0 aliphatic heterocycles. The highest BCUT2D eigenvalue weighted by Crippen LogP contribution is 2.35. The van der Waals surface area contributed by atoms with Gasteiger partial charge in [-0.15, -0.1) is 5.10 Å². The molecule has 0 bridgehead atoms. The molecule has 0 atom stereocenters. The van der Waals surface area contributed by atoms with E-state index in [9.17, 15) is 0 Å². The van der Waals surface area contributed by atoms with Crippen molar-refractivity contribution in [1.29, 1.82) is 0 Å². The van der Waals surface area contributed by atoms with Gasteiger partial charge in [-0.25, -0.2) is 9.67 Å². The minimum atomic E-state index is 0.464. The molecule has 106 valence electrons. The summed E-state index contributed by atoms with van der Waals surface area (Å²) in [4.78, 5) is 4.10. The van der Waals surface area contributed by atoms with Crippen molar-refractivity contribution >= 4 is 34.2 Å². The Morgan fingerprint density at radius 3 is 2.71 bits per heavy atom. The Morgan fingerprint density at radius 1 is 1.14 bits per heavy atom. The molecule has 2 aromatic heterocycles. The largest absolute Gasteiger partial charge is 0.244 e. The zero-order valence-electron chi connectivity index (χ0n) is 11.1. The van der Waals surface area contributed by atoms with E-state index < -0.39 is 0 Å². The highest BCUT2D eigenvalue weighted by atomic mass is 35.5. The van der Waals surface area contributed by atoms with E-state index >= 15 is 0 Å². The van der Waals surface area contributed by atoms with E-state index in [0.717, 1.165) is 34.6 Å². The van der Waals surface area contributed by atoms with Gasteiger partial charge in [-0.2, -0.15) is 0 Å². The summed E-state index contributed by atoms with van der Waals surface area (Å²) in [6.45, 7) is 0.925. The first-order valence-corrected chi connectivity index (χ1v) is 7.61. The Balaban J connectivity index is 1.80. The van der Waals surface area contributed by atoms with E-state index in [4.69, 9.17) is 23.2 Å². The second-order valence-corrected chi connectivity index (χ2v) is 6.14. The molecule has 0 amide bonds. The first-order valence-electron chi connectivity index (χ1n) is 6.86. The Kier molecular flexibility index (Phi) is 3.08. The van der Waals surface area contributed by atoms with Crippen LogP contribution < -0.4 is 0 Å². The summed E-state index contributed by atoms with van der Waals surface area (Å²) in [7, 11) is 0. The predicted molar refractivity (Wildman–Crippen MR) is 83.5 cm³/mol. The lowest BCUT2D eigenvalue weighted by atomic mass is 10.1. The van der Waals surface area contributed by atoms with E-state index in [1.807, 2.05) is 22.9 Å². The Bertz CT molecular complexity index is 806. The van der Waals surface area contributed by atoms with Crippen molar-refractivity contribution in [1.82, 2.24) is 20.0 Å². The van der Waals surface area contributed by atoms with Crippen molar-refractivity contribution in [2.75, 3.05) is 0 Å². The van der Waals surface area contributed by atoms with Crippen molar-refractivity contribution in [2.45, 2.75) is 19.4 Å². The van der Waals surface area contributed by atoms with Crippen LogP contribution in [0.25, 0.3) is 22.2 Å². The Labute approximate surface area is 131 Å². The van der Waals surface area contributed by atoms with Crippen LogP contribution in [-0.2, 0) is 6.54 Å². The van der Waals surface area contributed by atoms with Crippen molar-refractivity contribution in [3.05, 3.63) is 40.6 Å². The summed E-state index contributed by atoms with van der Waals surface area (Å²) in [6, 6.07) is 7.66. The minimum absolute atomic E-state index is 0.464. The first-order chi connectivity index (χ1) is 10.2. The molecule has 0 saturated heterocycles. The van der Waals surface area contributed by atoms with Gasteiger partial charge >= 0.3 is 0 Å². The number of nitrogens with zero attached hydrogens (tertiary/aromatic N) is 4. The summed E-state index contributed by atoms with van der Waals surface area (Å²) in [6.07, 6.45) is 4.28. The van der Waals surface area contributed by atoms with Crippen molar-refractivity contribution < 1.29 is 0 Å². The van der Waals surface area contributed by atoms with Gasteiger partial charge in [-0.05, 0) is 37.0 Å². The summed E-state index contributed by atoms with van der Waals surface area (Å²) in [5.41, 5.74) is 3.54. The van der Waals surface area contributed by atoms with Crippen LogP contribution in [0.2, 0.25) is 10.2 Å². The maximum Gasteiger partial charge on any atom is 0.132 e. The average Bonchev–Trinajstić information content (AvgIpc) is 3.20. The van der Waals surface area contributed by atoms with Gasteiger partial charge < -0.3 is 0 Å². The number of rotatable bonds is 3. The maximum absolute atomic E-state index is 6.50. The molecule has 0 spiro atoms. The molecule has 1 aliphatic rings. The molecule has 21 heavy (non-hydrogen) atoms. The molecular weight excluding hydrogens is 307 g/mol. The number of hydrogen-bond donors (Lipinski definition) is 0. The van der Waals surface area contributed by atoms with Gasteiger partial charge in [0.2, 0.25) is 0 Å². The number of pyridine rings is 1. The van der Waals surface area contributed by atoms with Crippen LogP contribution in [0.4, 0.5) is 0 Å². The summed E-state index contributed by atoms with van der Waals surface area (Å²) >= 11 is 12.3. The second kappa shape index (κ2) is 4.97. The standard InChI is InChI=1S/C15H12Cl2N4/c16-13-6-3-10(7-18-13)11-4-5-12-15(14(11)17)19-20-21(12)8-9-1-2-9/h3-7,9H,1-2,8H2. The summed E-state index contributed by atoms with van der Waals surface area (Å²) in [5.74, 6) is 0.744. The number of halogens is 2. The quantitative estimate of drug-likeness (QED) is 0.679. The molecule has 3 aromatic rings. The minimum Gasteiger partial charge on any atom is -0.244 e. The number of hydrogen-bond acceptors (Lipinski definition) is 3. The summed E-state index contributed by atoms with van der Waals surface area (Å²) in [5, 5.41) is 9.54. The van der Waals surface area contributed by atoms with Crippen LogP contribution in [0.1, 0.15) is 12.8 Å². The topological polar surface area (TPSA) is 43.6 Å². The molecule has 1 fully saturated rings. The van der Waals surface area contributed by atoms with Crippen LogP contribution in [0.15, 0.2) is 30.5 Å². The van der Waals surface area contributed by atoms with E-state index in [1.54, 1.807) is 12.3 Å². The zero-order chi connectivity index (χ0) is 14.4. The van der Waals surface area contributed by atoms with Crippen LogP contribution in [0.5, 0.6) is 0 Å². The second-order valence-electron chi connectivity index (χ2n) is 5.38. The van der Waals surface area contributed by atoms with E-state index in [1.165, 1.54) is 12.8 Å². The molecule has 0 radical (unpaired) electrons. The number of fused-ring (bicyclic) bond motifs is 1. The fraction of sp³-hybridized carbons (Fsp3) is 0.267. The number of benzene rings is 1. The van der Waals surface area contributed by atoms with Crippen LogP contribution in [0.3, 0.4) is 0 Å². The fourth-order valence-corrected chi connectivity index (χ4v) is 2.86. The highest BCUT2D eigenvalue weighted by Gasteiger charge is 2.23. The van der Waals surface area contributed by atoms with Gasteiger partial charge in [0, 0.05) is 23.9 Å². The van der Waals surface area contributed by atoms with Gasteiger partial charge in [-0.1, -0.05) is 34.5 Å². The first kappa shape index (κ1) is 13.0. The van der Waals surface area contributed by atoms with Gasteiger partial charge in [0.25, 0.3) is 0 Å². The lowest BCUT2D eigenvalue weighted by Crippen LogP contribution is -2.01. The third kappa shape index (κ3) is 2.39. The van der Waals surface area contributed by atoms with Crippen molar-refractivity contribution in [2.24, 2.45) is 5.92 Å². The third-order valence-electron chi connectivity index (χ3n) is 3.79. The van der Waals surface area contributed by atoms with Crippen molar-refractivity contribution in [3.8, 4) is 11.1 Å². The SMILES string of the molecule is Clc1ccc(-c2ccc3c(nnn3CC3CC3)c2Cl)cn1. The smallest absolute Gasteiger partial charge is 0.132 e. The van der Waals surface area contributed by atoms with Crippen LogP contribution in [0, 0.1) is 5.92 Å². The molecule has 2 heterocycles. The van der Waals surface area contributed by atoms with Crippen molar-refractivity contribution in [3.63, 3.8) is 0 Å². The van der Waals surface area contributed by atoms with Gasteiger partial charge in [-0.3, -0.25) is 0 Å². The molecule has 6 heteroatoms. The van der Waals surface area contributed by atoms with Crippen LogP contribution >= 0.6 is 23.2 Å². The van der Waals surface area contributed by atoms with Crippen LogP contribution in [-0.4, -0.2) is 20.0 Å². The molecule has 0 unspecified atom stereocenters. The van der Waals surface area contributed by atoms with Gasteiger partial charge in [0.1, 0.15) is 10.7 Å². The Morgan fingerprint density at radius 2 is 2.00 bits per heavy atom. The van der Waals surface area contributed by atoms with Gasteiger partial charge in [0.15, 0.2) is 0 Å². The average molecular weight is 319 g/mol. The molecule has 4 rings (SSSR count). The zero-order valence-corrected chi connectivity index (χ0v) is 12.6. The predicted octanol–water partition coefficient (Wildman–Crippen LogP) is 4.21. The lowest BCUT2D eigenvalue weighted by Gasteiger charge is -2.06. The fourth-order valence-electron chi connectivity index (χ4n) is 2.44. The molecule has 4 nitrogen and oxygen atoms in total. The monoisotopic (exact) mass is 318 g/mol. The lowest BCUT2D eigenvalue weighted by molar-refractivity contribution is 0.559. The van der Waals surface area contributed by atoms with E-state index in [-0.39, 0.29) is 0 Å². The maximum atomic E-state index is 6.50. The molecule has 1 aliphatic carbocycles. The molecule has 1 aromatic carbocycles. The van der Waals surface area contributed by atoms with Gasteiger partial charge in [0.05, 0.1) is 10.5 Å². The Hall–Kier alpha value is -1.65. The third-order valence-corrected chi connectivity index (χ3v) is 4.40. The molecule has 1 saturated carbocycles. The highest BCUT2D eigenvalue weighted by molar-refractivity contribution is 6.37. The van der Waals surface area contributed by atoms with E-state index in [2.05, 4.69) is 15.3 Å². The number of aromatic nitrogens is 4. The summed E-state index contributed by atoms with van der Waals surface area (Å²) < 4.78 is 1.95. The molecule has 0 N–H and O–H groups in total. The molecular formula is C15H12Cl2N4.